The zero-order valence-corrected chi connectivity index (χ0v) is 17.8. The third kappa shape index (κ3) is 3.42. The van der Waals surface area contributed by atoms with E-state index in [1.54, 1.807) is 42.6 Å². The van der Waals surface area contributed by atoms with E-state index in [-0.39, 0.29) is 5.56 Å². The maximum atomic E-state index is 13.2. The molecule has 3 aromatic heterocycles. The highest BCUT2D eigenvalue weighted by Crippen LogP contribution is 2.29. The topological polar surface area (TPSA) is 60.4 Å². The fourth-order valence-electron chi connectivity index (χ4n) is 3.03. The molecule has 0 bridgehead atoms. The zero-order chi connectivity index (χ0) is 20.0. The molecule has 29 heavy (non-hydrogen) atoms. The van der Waals surface area contributed by atoms with Crippen molar-refractivity contribution >= 4 is 67.0 Å². The fraction of sp³-hybridized carbons (Fsp3) is 0. The van der Waals surface area contributed by atoms with Crippen LogP contribution in [0.2, 0.25) is 5.02 Å². The number of rotatable bonds is 3. The van der Waals surface area contributed by atoms with Crippen LogP contribution < -0.4 is 5.56 Å². The van der Waals surface area contributed by atoms with Gasteiger partial charge in [-0.1, -0.05) is 23.7 Å². The van der Waals surface area contributed by atoms with Crippen LogP contribution in [0.1, 0.15) is 4.88 Å². The van der Waals surface area contributed by atoms with Crippen LogP contribution in [0.15, 0.2) is 78.8 Å². The predicted octanol–water partition coefficient (Wildman–Crippen LogP) is 6.17. The molecule has 0 atom stereocenters. The van der Waals surface area contributed by atoms with Crippen LogP contribution in [-0.2, 0) is 0 Å². The van der Waals surface area contributed by atoms with Crippen LogP contribution in [0, 0.1) is 0 Å². The summed E-state index contributed by atoms with van der Waals surface area (Å²) < 4.78 is 8.18. The molecule has 0 spiro atoms. The summed E-state index contributed by atoms with van der Waals surface area (Å²) in [5, 5.41) is 8.29. The molecule has 0 saturated carbocycles. The molecule has 142 valence electrons. The standard InChI is InChI=1S/C21H11BrClN3O2S/c22-13-9-15(29-11-13)10-24-26-20(25-17-4-2-1-3-16(17)21(26)27)19-8-12-7-14(23)5-6-18(12)28-19/h1-11H. The van der Waals surface area contributed by atoms with Gasteiger partial charge in [0, 0.05) is 25.1 Å². The van der Waals surface area contributed by atoms with E-state index in [0.717, 1.165) is 14.7 Å². The Morgan fingerprint density at radius 2 is 2.03 bits per heavy atom. The summed E-state index contributed by atoms with van der Waals surface area (Å²) >= 11 is 11.0. The van der Waals surface area contributed by atoms with Crippen LogP contribution in [-0.4, -0.2) is 15.9 Å². The molecule has 5 nitrogen and oxygen atoms in total. The van der Waals surface area contributed by atoms with Crippen molar-refractivity contribution in [3.63, 3.8) is 0 Å². The summed E-state index contributed by atoms with van der Waals surface area (Å²) in [6, 6.07) is 16.3. The van der Waals surface area contributed by atoms with Gasteiger partial charge in [-0.3, -0.25) is 4.79 Å². The number of hydrogen-bond donors (Lipinski definition) is 0. The molecule has 0 aliphatic carbocycles. The van der Waals surface area contributed by atoms with E-state index in [1.807, 2.05) is 23.6 Å². The normalized spacial score (nSPS) is 11.8. The molecule has 5 rings (SSSR count). The lowest BCUT2D eigenvalue weighted by Gasteiger charge is -2.06. The molecule has 0 saturated heterocycles. The second-order valence-electron chi connectivity index (χ2n) is 6.27. The maximum Gasteiger partial charge on any atom is 0.282 e. The molecule has 0 N–H and O–H groups in total. The first-order valence-electron chi connectivity index (χ1n) is 8.58. The number of nitrogens with zero attached hydrogens (tertiary/aromatic N) is 3. The van der Waals surface area contributed by atoms with Gasteiger partial charge in [0.15, 0.2) is 5.76 Å². The SMILES string of the molecule is O=c1c2ccccc2nc(-c2cc3cc(Cl)ccc3o2)n1N=Cc1cc(Br)cs1. The average molecular weight is 485 g/mol. The lowest BCUT2D eigenvalue weighted by atomic mass is 10.2. The molecule has 0 fully saturated rings. The Morgan fingerprint density at radius 3 is 2.86 bits per heavy atom. The van der Waals surface area contributed by atoms with E-state index < -0.39 is 0 Å². The molecule has 0 aliphatic heterocycles. The Balaban J connectivity index is 1.75. The monoisotopic (exact) mass is 483 g/mol. The first kappa shape index (κ1) is 18.3. The first-order valence-corrected chi connectivity index (χ1v) is 10.6. The maximum absolute atomic E-state index is 13.2. The molecule has 3 heterocycles. The van der Waals surface area contributed by atoms with Gasteiger partial charge in [0.25, 0.3) is 5.56 Å². The number of halogens is 2. The third-order valence-electron chi connectivity index (χ3n) is 4.34. The van der Waals surface area contributed by atoms with Crippen molar-refractivity contribution in [1.29, 1.82) is 0 Å². The van der Waals surface area contributed by atoms with Crippen molar-refractivity contribution in [3.05, 3.63) is 84.7 Å². The number of furan rings is 1. The van der Waals surface area contributed by atoms with E-state index in [4.69, 9.17) is 16.0 Å². The van der Waals surface area contributed by atoms with E-state index in [9.17, 15) is 4.79 Å². The van der Waals surface area contributed by atoms with Crippen molar-refractivity contribution in [1.82, 2.24) is 9.66 Å². The molecular formula is C21H11BrClN3O2S. The van der Waals surface area contributed by atoms with Crippen LogP contribution in [0.25, 0.3) is 33.5 Å². The summed E-state index contributed by atoms with van der Waals surface area (Å²) in [6.45, 7) is 0. The summed E-state index contributed by atoms with van der Waals surface area (Å²) in [6.07, 6.45) is 1.64. The van der Waals surface area contributed by atoms with Gasteiger partial charge >= 0.3 is 0 Å². The molecule has 0 amide bonds. The van der Waals surface area contributed by atoms with Crippen molar-refractivity contribution in [3.8, 4) is 11.6 Å². The number of benzene rings is 2. The van der Waals surface area contributed by atoms with Gasteiger partial charge < -0.3 is 4.42 Å². The van der Waals surface area contributed by atoms with Crippen molar-refractivity contribution in [2.75, 3.05) is 0 Å². The van der Waals surface area contributed by atoms with Crippen LogP contribution in [0.4, 0.5) is 0 Å². The Hall–Kier alpha value is -2.74. The molecule has 0 aliphatic rings. The van der Waals surface area contributed by atoms with E-state index in [1.165, 1.54) is 16.0 Å². The zero-order valence-electron chi connectivity index (χ0n) is 14.7. The minimum atomic E-state index is -0.268. The van der Waals surface area contributed by atoms with Crippen LogP contribution in [0.5, 0.6) is 0 Å². The van der Waals surface area contributed by atoms with Gasteiger partial charge in [0.05, 0.1) is 17.1 Å². The molecule has 0 radical (unpaired) electrons. The minimum absolute atomic E-state index is 0.268. The predicted molar refractivity (Wildman–Crippen MR) is 121 cm³/mol. The second kappa shape index (κ2) is 7.26. The van der Waals surface area contributed by atoms with Gasteiger partial charge in [0.1, 0.15) is 5.58 Å². The van der Waals surface area contributed by atoms with Gasteiger partial charge in [-0.25, -0.2) is 4.98 Å². The Morgan fingerprint density at radius 1 is 1.17 bits per heavy atom. The van der Waals surface area contributed by atoms with Crippen LogP contribution in [0.3, 0.4) is 0 Å². The lowest BCUT2D eigenvalue weighted by molar-refractivity contribution is 0.616. The van der Waals surface area contributed by atoms with E-state index in [0.29, 0.717) is 33.1 Å². The van der Waals surface area contributed by atoms with Crippen LogP contribution >= 0.6 is 38.9 Å². The molecule has 2 aromatic carbocycles. The molecule has 8 heteroatoms. The van der Waals surface area contributed by atoms with Gasteiger partial charge in [0.2, 0.25) is 5.82 Å². The van der Waals surface area contributed by atoms with Gasteiger partial charge in [-0.2, -0.15) is 9.78 Å². The lowest BCUT2D eigenvalue weighted by Crippen LogP contribution is -2.20. The quantitative estimate of drug-likeness (QED) is 0.288. The smallest absolute Gasteiger partial charge is 0.282 e. The number of fused-ring (bicyclic) bond motifs is 2. The number of thiophene rings is 1. The third-order valence-corrected chi connectivity index (χ3v) is 6.20. The highest BCUT2D eigenvalue weighted by atomic mass is 79.9. The summed E-state index contributed by atoms with van der Waals surface area (Å²) in [5.41, 5.74) is 0.969. The summed E-state index contributed by atoms with van der Waals surface area (Å²) in [7, 11) is 0. The van der Waals surface area contributed by atoms with Crippen molar-refractivity contribution in [2.45, 2.75) is 0 Å². The Labute approximate surface area is 182 Å². The number of aromatic nitrogens is 2. The van der Waals surface area contributed by atoms with Crippen molar-refractivity contribution < 1.29 is 4.42 Å². The number of para-hydroxylation sites is 1. The molecule has 5 aromatic rings. The van der Waals surface area contributed by atoms with E-state index >= 15 is 0 Å². The highest BCUT2D eigenvalue weighted by molar-refractivity contribution is 9.10. The van der Waals surface area contributed by atoms with Gasteiger partial charge in [-0.15, -0.1) is 11.3 Å². The fourth-order valence-corrected chi connectivity index (χ4v) is 4.50. The van der Waals surface area contributed by atoms with Crippen molar-refractivity contribution in [2.24, 2.45) is 5.10 Å². The van der Waals surface area contributed by atoms with Gasteiger partial charge in [-0.05, 0) is 58.4 Å². The summed E-state index contributed by atoms with van der Waals surface area (Å²) in [4.78, 5) is 18.7. The highest BCUT2D eigenvalue weighted by Gasteiger charge is 2.16. The largest absolute Gasteiger partial charge is 0.453 e. The number of hydrogen-bond acceptors (Lipinski definition) is 5. The first-order chi connectivity index (χ1) is 14.1. The average Bonchev–Trinajstić information content (AvgIpc) is 3.32. The second-order valence-corrected chi connectivity index (χ2v) is 8.57. The summed E-state index contributed by atoms with van der Waals surface area (Å²) in [5.74, 6) is 0.766. The minimum Gasteiger partial charge on any atom is -0.453 e. The Bertz CT molecular complexity index is 1470. The molecule has 0 unspecified atom stereocenters. The molecular weight excluding hydrogens is 474 g/mol. The Kier molecular flexibility index (Phi) is 4.58. The van der Waals surface area contributed by atoms with E-state index in [2.05, 4.69) is 26.0 Å².